The molecular weight excluding hydrogens is 382 g/mol. The first-order valence-electron chi connectivity index (χ1n) is 9.58. The van der Waals surface area contributed by atoms with E-state index in [9.17, 15) is 13.2 Å². The summed E-state index contributed by atoms with van der Waals surface area (Å²) in [6.07, 6.45) is 2.81. The van der Waals surface area contributed by atoms with Crippen molar-refractivity contribution in [1.29, 1.82) is 0 Å². The van der Waals surface area contributed by atoms with Gasteiger partial charge >= 0.3 is 0 Å². The number of amides is 1. The fraction of sp³-hybridized carbons (Fsp3) is 0.632. The minimum absolute atomic E-state index is 0.0508. The van der Waals surface area contributed by atoms with E-state index in [1.807, 2.05) is 0 Å². The highest BCUT2D eigenvalue weighted by Gasteiger charge is 2.17. The second-order valence-corrected chi connectivity index (χ2v) is 8.70. The lowest BCUT2D eigenvalue weighted by atomic mass is 10.2. The number of anilines is 1. The first-order valence-corrected chi connectivity index (χ1v) is 11.4. The number of nitrogens with one attached hydrogen (secondary N) is 1. The largest absolute Gasteiger partial charge is 0.497 e. The summed E-state index contributed by atoms with van der Waals surface area (Å²) in [7, 11) is -1.87. The third kappa shape index (κ3) is 7.65. The Hall–Kier alpha value is -1.84. The molecule has 1 saturated heterocycles. The summed E-state index contributed by atoms with van der Waals surface area (Å²) in [6.45, 7) is 5.27. The minimum Gasteiger partial charge on any atom is -0.497 e. The second-order valence-electron chi connectivity index (χ2n) is 6.79. The third-order valence-electron chi connectivity index (χ3n) is 4.60. The van der Waals surface area contributed by atoms with Crippen molar-refractivity contribution in [2.45, 2.75) is 19.3 Å². The molecule has 0 saturated carbocycles. The number of hydrogen-bond donors (Lipinski definition) is 1. The number of methoxy groups -OCH3 is 1. The first kappa shape index (κ1) is 22.4. The van der Waals surface area contributed by atoms with Gasteiger partial charge in [0.1, 0.15) is 5.75 Å². The van der Waals surface area contributed by atoms with Gasteiger partial charge in [0.2, 0.25) is 15.9 Å². The van der Waals surface area contributed by atoms with Crippen molar-refractivity contribution in [3.63, 3.8) is 0 Å². The van der Waals surface area contributed by atoms with E-state index in [-0.39, 0.29) is 12.5 Å². The Morgan fingerprint density at radius 1 is 1.21 bits per heavy atom. The number of rotatable bonds is 11. The zero-order valence-electron chi connectivity index (χ0n) is 16.7. The Balaban J connectivity index is 1.71. The molecule has 2 rings (SSSR count). The minimum atomic E-state index is -3.42. The predicted molar refractivity (Wildman–Crippen MR) is 109 cm³/mol. The highest BCUT2D eigenvalue weighted by Crippen LogP contribution is 2.21. The fourth-order valence-electron chi connectivity index (χ4n) is 3.06. The number of sulfonamides is 1. The lowest BCUT2D eigenvalue weighted by Crippen LogP contribution is -2.38. The lowest BCUT2D eigenvalue weighted by molar-refractivity contribution is -0.121. The summed E-state index contributed by atoms with van der Waals surface area (Å²) in [5.74, 6) is 0.610. The van der Waals surface area contributed by atoms with Crippen LogP contribution in [-0.2, 0) is 19.6 Å². The van der Waals surface area contributed by atoms with Crippen molar-refractivity contribution in [3.05, 3.63) is 24.3 Å². The maximum absolute atomic E-state index is 12.1. The van der Waals surface area contributed by atoms with Gasteiger partial charge in [-0.3, -0.25) is 14.0 Å². The molecule has 0 bridgehead atoms. The molecule has 0 unspecified atom stereocenters. The second kappa shape index (κ2) is 11.2. The number of ether oxygens (including phenoxy) is 2. The van der Waals surface area contributed by atoms with Gasteiger partial charge in [-0.15, -0.1) is 0 Å². The van der Waals surface area contributed by atoms with Gasteiger partial charge in [0.25, 0.3) is 0 Å². The van der Waals surface area contributed by atoms with Gasteiger partial charge in [-0.2, -0.15) is 0 Å². The van der Waals surface area contributed by atoms with Crippen LogP contribution in [0.1, 0.15) is 19.3 Å². The molecule has 1 heterocycles. The van der Waals surface area contributed by atoms with Crippen molar-refractivity contribution in [2.24, 2.45) is 0 Å². The van der Waals surface area contributed by atoms with Crippen molar-refractivity contribution < 1.29 is 22.7 Å². The molecule has 1 amide bonds. The first-order chi connectivity index (χ1) is 13.4. The van der Waals surface area contributed by atoms with Crippen molar-refractivity contribution in [1.82, 2.24) is 10.2 Å². The molecule has 1 aliphatic heterocycles. The van der Waals surface area contributed by atoms with Gasteiger partial charge in [0, 0.05) is 32.6 Å². The molecule has 1 aromatic carbocycles. The highest BCUT2D eigenvalue weighted by atomic mass is 32.2. The molecule has 1 aliphatic rings. The summed E-state index contributed by atoms with van der Waals surface area (Å²) < 4.78 is 35.9. The van der Waals surface area contributed by atoms with Crippen LogP contribution >= 0.6 is 0 Å². The standard InChI is InChI=1S/C19H31N3O5S/c1-26-18-8-6-17(7-9-18)22(28(2,24)25)12-3-5-19(23)20-10-4-11-21-13-15-27-16-14-21/h6-9H,3-5,10-16H2,1-2H3,(H,20,23). The van der Waals surface area contributed by atoms with Gasteiger partial charge in [-0.05, 0) is 43.7 Å². The molecular formula is C19H31N3O5S. The molecule has 0 spiro atoms. The van der Waals surface area contributed by atoms with E-state index >= 15 is 0 Å². The van der Waals surface area contributed by atoms with Crippen molar-refractivity contribution in [2.75, 3.05) is 63.6 Å². The van der Waals surface area contributed by atoms with Crippen LogP contribution in [0, 0.1) is 0 Å². The Labute approximate surface area is 167 Å². The third-order valence-corrected chi connectivity index (χ3v) is 5.80. The summed E-state index contributed by atoms with van der Waals surface area (Å²) in [5, 5.41) is 2.91. The number of morpholine rings is 1. The topological polar surface area (TPSA) is 88.2 Å². The SMILES string of the molecule is COc1ccc(N(CCCC(=O)NCCCN2CCOCC2)S(C)(=O)=O)cc1. The van der Waals surface area contributed by atoms with Gasteiger partial charge in [-0.1, -0.05) is 0 Å². The van der Waals surface area contributed by atoms with E-state index in [1.54, 1.807) is 31.4 Å². The van der Waals surface area contributed by atoms with Crippen LogP contribution in [-0.4, -0.2) is 78.5 Å². The van der Waals surface area contributed by atoms with Crippen LogP contribution in [0.4, 0.5) is 5.69 Å². The van der Waals surface area contributed by atoms with Crippen LogP contribution in [0.25, 0.3) is 0 Å². The van der Waals surface area contributed by atoms with Crippen LogP contribution in [0.15, 0.2) is 24.3 Å². The normalized spacial score (nSPS) is 15.2. The number of benzene rings is 1. The smallest absolute Gasteiger partial charge is 0.232 e. The summed E-state index contributed by atoms with van der Waals surface area (Å²) in [5.41, 5.74) is 0.564. The predicted octanol–water partition coefficient (Wildman–Crippen LogP) is 1.08. The monoisotopic (exact) mass is 413 g/mol. The van der Waals surface area contributed by atoms with Crippen LogP contribution in [0.3, 0.4) is 0 Å². The Bertz CT molecular complexity index is 703. The van der Waals surface area contributed by atoms with E-state index < -0.39 is 10.0 Å². The Morgan fingerprint density at radius 2 is 1.89 bits per heavy atom. The highest BCUT2D eigenvalue weighted by molar-refractivity contribution is 7.92. The molecule has 8 nitrogen and oxygen atoms in total. The fourth-order valence-corrected chi connectivity index (χ4v) is 4.03. The molecule has 0 atom stereocenters. The molecule has 0 aliphatic carbocycles. The molecule has 1 fully saturated rings. The number of hydrogen-bond acceptors (Lipinski definition) is 6. The van der Waals surface area contributed by atoms with E-state index in [0.29, 0.717) is 30.8 Å². The Kier molecular flexibility index (Phi) is 9.01. The van der Waals surface area contributed by atoms with E-state index in [4.69, 9.17) is 9.47 Å². The molecule has 28 heavy (non-hydrogen) atoms. The van der Waals surface area contributed by atoms with E-state index in [0.717, 1.165) is 39.3 Å². The summed E-state index contributed by atoms with van der Waals surface area (Å²) in [6, 6.07) is 6.83. The van der Waals surface area contributed by atoms with Crippen molar-refractivity contribution in [3.8, 4) is 5.75 Å². The van der Waals surface area contributed by atoms with Gasteiger partial charge in [0.15, 0.2) is 0 Å². The van der Waals surface area contributed by atoms with Crippen LogP contribution in [0.2, 0.25) is 0 Å². The van der Waals surface area contributed by atoms with Gasteiger partial charge in [0.05, 0.1) is 32.3 Å². The lowest BCUT2D eigenvalue weighted by Gasteiger charge is -2.26. The van der Waals surface area contributed by atoms with Crippen LogP contribution < -0.4 is 14.4 Å². The average Bonchev–Trinajstić information content (AvgIpc) is 2.68. The van der Waals surface area contributed by atoms with Gasteiger partial charge < -0.3 is 14.8 Å². The van der Waals surface area contributed by atoms with E-state index in [1.165, 1.54) is 10.6 Å². The zero-order valence-corrected chi connectivity index (χ0v) is 17.5. The number of carbonyl (C=O) groups excluding carboxylic acids is 1. The Morgan fingerprint density at radius 3 is 2.50 bits per heavy atom. The summed E-state index contributed by atoms with van der Waals surface area (Å²) in [4.78, 5) is 14.3. The average molecular weight is 414 g/mol. The molecule has 158 valence electrons. The molecule has 1 N–H and O–H groups in total. The maximum Gasteiger partial charge on any atom is 0.232 e. The maximum atomic E-state index is 12.1. The molecule has 9 heteroatoms. The number of carbonyl (C=O) groups is 1. The number of nitrogens with zero attached hydrogens (tertiary/aromatic N) is 2. The van der Waals surface area contributed by atoms with E-state index in [2.05, 4.69) is 10.2 Å². The zero-order chi connectivity index (χ0) is 20.4. The summed E-state index contributed by atoms with van der Waals surface area (Å²) >= 11 is 0. The van der Waals surface area contributed by atoms with Crippen LogP contribution in [0.5, 0.6) is 5.75 Å². The van der Waals surface area contributed by atoms with Crippen molar-refractivity contribution >= 4 is 21.6 Å². The molecule has 1 aromatic rings. The quantitative estimate of drug-likeness (QED) is 0.546. The van der Waals surface area contributed by atoms with Gasteiger partial charge in [-0.25, -0.2) is 8.42 Å². The molecule has 0 aromatic heterocycles. The molecule has 0 radical (unpaired) electrons.